The number of thiazole rings is 1. The van der Waals surface area contributed by atoms with E-state index in [2.05, 4.69) is 20.7 Å². The van der Waals surface area contributed by atoms with Crippen molar-refractivity contribution in [3.63, 3.8) is 0 Å². The Bertz CT molecular complexity index is 1270. The van der Waals surface area contributed by atoms with Crippen molar-refractivity contribution >= 4 is 28.9 Å². The van der Waals surface area contributed by atoms with Crippen molar-refractivity contribution in [2.24, 2.45) is 5.16 Å². The molecule has 1 saturated heterocycles. The molecule has 0 radical (unpaired) electrons. The summed E-state index contributed by atoms with van der Waals surface area (Å²) in [6.45, 7) is 3.77. The first-order valence-corrected chi connectivity index (χ1v) is 13.0. The summed E-state index contributed by atoms with van der Waals surface area (Å²) in [7, 11) is 0. The standard InChI is InChI=1S/C25H27N5O6S/c1-2-33-22(31)14-36-29-23(18-5-8-26-28-18)25(32)30-9-6-16(7-10-30)24-27-19(15-37-24)17-3-4-20-21(13-17)35-12-11-34-20/h3-5,8,13,15-16H,2,6-7,9-12,14H2,1H3,(H,26,28)/b29-23+. The molecule has 1 aromatic carbocycles. The Kier molecular flexibility index (Phi) is 7.64. The molecule has 1 fully saturated rings. The van der Waals surface area contributed by atoms with Gasteiger partial charge in [-0.25, -0.2) is 9.78 Å². The second kappa shape index (κ2) is 11.4. The van der Waals surface area contributed by atoms with E-state index in [1.54, 1.807) is 29.2 Å². The monoisotopic (exact) mass is 525 g/mol. The van der Waals surface area contributed by atoms with E-state index in [4.69, 9.17) is 24.0 Å². The van der Waals surface area contributed by atoms with Crippen LogP contribution in [0.5, 0.6) is 11.5 Å². The molecule has 2 aliphatic rings. The number of fused-ring (bicyclic) bond motifs is 1. The fourth-order valence-corrected chi connectivity index (χ4v) is 5.23. The number of carbonyl (C=O) groups excluding carboxylic acids is 2. The molecule has 3 aromatic rings. The number of benzene rings is 1. The normalized spacial score (nSPS) is 15.9. The number of aromatic amines is 1. The topological polar surface area (TPSA) is 128 Å². The van der Waals surface area contributed by atoms with E-state index in [0.29, 0.717) is 32.0 Å². The lowest BCUT2D eigenvalue weighted by atomic mass is 9.97. The average Bonchev–Trinajstić information content (AvgIpc) is 3.64. The Morgan fingerprint density at radius 3 is 2.76 bits per heavy atom. The Morgan fingerprint density at radius 1 is 1.19 bits per heavy atom. The zero-order valence-electron chi connectivity index (χ0n) is 20.3. The molecule has 1 amide bonds. The summed E-state index contributed by atoms with van der Waals surface area (Å²) in [4.78, 5) is 36.6. The van der Waals surface area contributed by atoms with E-state index >= 15 is 0 Å². The van der Waals surface area contributed by atoms with Gasteiger partial charge in [0, 0.05) is 36.1 Å². The van der Waals surface area contributed by atoms with E-state index < -0.39 is 5.97 Å². The molecule has 12 heteroatoms. The van der Waals surface area contributed by atoms with Crippen molar-refractivity contribution in [3.8, 4) is 22.8 Å². The van der Waals surface area contributed by atoms with E-state index in [0.717, 1.165) is 40.6 Å². The molecule has 4 heterocycles. The average molecular weight is 526 g/mol. The zero-order valence-corrected chi connectivity index (χ0v) is 21.2. The molecule has 2 aromatic heterocycles. The fraction of sp³-hybridized carbons (Fsp3) is 0.400. The first-order valence-electron chi connectivity index (χ1n) is 12.1. The van der Waals surface area contributed by atoms with Crippen molar-refractivity contribution in [2.45, 2.75) is 25.7 Å². The summed E-state index contributed by atoms with van der Waals surface area (Å²) in [5.41, 5.74) is 2.38. The van der Waals surface area contributed by atoms with Crippen LogP contribution in [-0.4, -0.2) is 77.2 Å². The molecule has 0 bridgehead atoms. The van der Waals surface area contributed by atoms with Gasteiger partial charge in [0.2, 0.25) is 6.61 Å². The van der Waals surface area contributed by atoms with E-state index in [9.17, 15) is 9.59 Å². The highest BCUT2D eigenvalue weighted by Crippen LogP contribution is 2.37. The molecule has 0 spiro atoms. The second-order valence-corrected chi connectivity index (χ2v) is 9.37. The number of amides is 1. The van der Waals surface area contributed by atoms with Gasteiger partial charge in [-0.2, -0.15) is 5.10 Å². The van der Waals surface area contributed by atoms with Gasteiger partial charge in [-0.1, -0.05) is 5.16 Å². The SMILES string of the molecule is CCOC(=O)CO/N=C(/C(=O)N1CCC(c2nc(-c3ccc4c(c3)OCCO4)cs2)CC1)c1ccn[nH]1. The summed E-state index contributed by atoms with van der Waals surface area (Å²) in [5, 5.41) is 13.7. The Balaban J connectivity index is 1.22. The number of carbonyl (C=O) groups is 2. The molecule has 0 saturated carbocycles. The van der Waals surface area contributed by atoms with Crippen LogP contribution < -0.4 is 9.47 Å². The smallest absolute Gasteiger partial charge is 0.347 e. The van der Waals surface area contributed by atoms with Crippen molar-refractivity contribution in [2.75, 3.05) is 39.5 Å². The molecule has 37 heavy (non-hydrogen) atoms. The van der Waals surface area contributed by atoms with Gasteiger partial charge < -0.3 is 23.9 Å². The Morgan fingerprint density at radius 2 is 2.00 bits per heavy atom. The van der Waals surface area contributed by atoms with Gasteiger partial charge in [0.15, 0.2) is 17.2 Å². The number of ether oxygens (including phenoxy) is 3. The molecule has 0 atom stereocenters. The number of nitrogens with zero attached hydrogens (tertiary/aromatic N) is 4. The Labute approximate surface area is 217 Å². The fourth-order valence-electron chi connectivity index (χ4n) is 4.23. The molecule has 194 valence electrons. The number of esters is 1. The van der Waals surface area contributed by atoms with Crippen LogP contribution in [0, 0.1) is 0 Å². The maximum atomic E-state index is 13.3. The van der Waals surface area contributed by atoms with Crippen molar-refractivity contribution < 1.29 is 28.6 Å². The molecule has 0 unspecified atom stereocenters. The summed E-state index contributed by atoms with van der Waals surface area (Å²) in [6, 6.07) is 7.51. The van der Waals surface area contributed by atoms with Crippen LogP contribution in [-0.2, 0) is 19.2 Å². The van der Waals surface area contributed by atoms with Crippen LogP contribution in [0.2, 0.25) is 0 Å². The highest BCUT2D eigenvalue weighted by atomic mass is 32.1. The molecule has 2 aliphatic heterocycles. The minimum atomic E-state index is -0.553. The first-order chi connectivity index (χ1) is 18.1. The third kappa shape index (κ3) is 5.74. The van der Waals surface area contributed by atoms with Crippen LogP contribution >= 0.6 is 11.3 Å². The number of nitrogens with one attached hydrogen (secondary N) is 1. The Hall–Kier alpha value is -3.93. The minimum absolute atomic E-state index is 0.0652. The van der Waals surface area contributed by atoms with Gasteiger partial charge in [-0.15, -0.1) is 11.3 Å². The number of hydrogen-bond donors (Lipinski definition) is 1. The molecule has 11 nitrogen and oxygen atoms in total. The van der Waals surface area contributed by atoms with Gasteiger partial charge in [0.1, 0.15) is 13.2 Å². The number of piperidine rings is 1. The maximum absolute atomic E-state index is 13.3. The maximum Gasteiger partial charge on any atom is 0.347 e. The first kappa shape index (κ1) is 24.8. The summed E-state index contributed by atoms with van der Waals surface area (Å²) >= 11 is 1.63. The number of oxime groups is 1. The van der Waals surface area contributed by atoms with Crippen LogP contribution in [0.25, 0.3) is 11.3 Å². The zero-order chi connectivity index (χ0) is 25.6. The highest BCUT2D eigenvalue weighted by molar-refractivity contribution is 7.10. The molecular weight excluding hydrogens is 498 g/mol. The minimum Gasteiger partial charge on any atom is -0.486 e. The number of hydrogen-bond acceptors (Lipinski definition) is 10. The van der Waals surface area contributed by atoms with Gasteiger partial charge in [-0.05, 0) is 44.0 Å². The van der Waals surface area contributed by atoms with Crippen molar-refractivity contribution in [1.82, 2.24) is 20.1 Å². The van der Waals surface area contributed by atoms with Gasteiger partial charge in [-0.3, -0.25) is 9.89 Å². The summed E-state index contributed by atoms with van der Waals surface area (Å²) in [5.74, 6) is 0.913. The van der Waals surface area contributed by atoms with Crippen LogP contribution in [0.3, 0.4) is 0 Å². The van der Waals surface area contributed by atoms with Crippen LogP contribution in [0.4, 0.5) is 0 Å². The lowest BCUT2D eigenvalue weighted by molar-refractivity contribution is -0.148. The van der Waals surface area contributed by atoms with E-state index in [-0.39, 0.29) is 30.8 Å². The largest absolute Gasteiger partial charge is 0.486 e. The number of aromatic nitrogens is 3. The predicted octanol–water partition coefficient (Wildman–Crippen LogP) is 2.99. The van der Waals surface area contributed by atoms with Gasteiger partial charge in [0.05, 0.1) is 23.0 Å². The summed E-state index contributed by atoms with van der Waals surface area (Å²) in [6.07, 6.45) is 3.08. The molecule has 0 aliphatic carbocycles. The van der Waals surface area contributed by atoms with Crippen LogP contribution in [0.15, 0.2) is 41.0 Å². The predicted molar refractivity (Wildman–Crippen MR) is 135 cm³/mol. The molecule has 1 N–H and O–H groups in total. The third-order valence-electron chi connectivity index (χ3n) is 6.09. The number of likely N-dealkylation sites (tertiary alicyclic amines) is 1. The quantitative estimate of drug-likeness (QED) is 0.270. The second-order valence-electron chi connectivity index (χ2n) is 8.48. The van der Waals surface area contributed by atoms with Gasteiger partial charge >= 0.3 is 5.97 Å². The molecular formula is C25H27N5O6S. The summed E-state index contributed by atoms with van der Waals surface area (Å²) < 4.78 is 16.1. The highest BCUT2D eigenvalue weighted by Gasteiger charge is 2.30. The third-order valence-corrected chi connectivity index (χ3v) is 7.10. The lowest BCUT2D eigenvalue weighted by Crippen LogP contribution is -2.42. The van der Waals surface area contributed by atoms with E-state index in [1.807, 2.05) is 18.2 Å². The number of H-pyrrole nitrogens is 1. The van der Waals surface area contributed by atoms with Gasteiger partial charge in [0.25, 0.3) is 5.91 Å². The van der Waals surface area contributed by atoms with Crippen LogP contribution in [0.1, 0.15) is 36.4 Å². The van der Waals surface area contributed by atoms with E-state index in [1.165, 1.54) is 6.20 Å². The van der Waals surface area contributed by atoms with Crippen molar-refractivity contribution in [1.29, 1.82) is 0 Å². The number of rotatable bonds is 8. The molecule has 5 rings (SSSR count). The lowest BCUT2D eigenvalue weighted by Gasteiger charge is -2.31. The van der Waals surface area contributed by atoms with Crippen molar-refractivity contribution in [3.05, 3.63) is 46.5 Å².